The average molecular weight is 405 g/mol. The lowest BCUT2D eigenvalue weighted by atomic mass is 10.0. The van der Waals surface area contributed by atoms with Gasteiger partial charge in [-0.25, -0.2) is 4.98 Å². The largest absolute Gasteiger partial charge is 0.353 e. The Balaban J connectivity index is 1.57. The lowest BCUT2D eigenvalue weighted by Gasteiger charge is -2.10. The van der Waals surface area contributed by atoms with Gasteiger partial charge < -0.3 is 4.98 Å². The van der Waals surface area contributed by atoms with Crippen LogP contribution in [0, 0.1) is 6.92 Å². The Bertz CT molecular complexity index is 1370. The second kappa shape index (κ2) is 8.07. The SMILES string of the molecule is C=C(N/N=C/C1=CC=CCC1)c1cc2c([nH]c3ccccc32)c(-c2ccc(C)cc2)n1. The van der Waals surface area contributed by atoms with Crippen molar-refractivity contribution in [1.29, 1.82) is 0 Å². The Kier molecular flexibility index (Phi) is 4.97. The number of aryl methyl sites for hydroxylation is 1. The summed E-state index contributed by atoms with van der Waals surface area (Å²) in [6.45, 7) is 6.29. The van der Waals surface area contributed by atoms with E-state index in [9.17, 15) is 0 Å². The number of aromatic nitrogens is 2. The van der Waals surface area contributed by atoms with Gasteiger partial charge in [0.1, 0.15) is 0 Å². The zero-order chi connectivity index (χ0) is 21.2. The van der Waals surface area contributed by atoms with Crippen LogP contribution >= 0.6 is 0 Å². The number of H-pyrrole nitrogens is 1. The van der Waals surface area contributed by atoms with Crippen molar-refractivity contribution >= 4 is 33.7 Å². The molecule has 152 valence electrons. The van der Waals surface area contributed by atoms with Gasteiger partial charge in [0, 0.05) is 21.9 Å². The van der Waals surface area contributed by atoms with Gasteiger partial charge in [-0.05, 0) is 37.5 Å². The molecule has 0 atom stereocenters. The molecule has 31 heavy (non-hydrogen) atoms. The fourth-order valence-corrected chi connectivity index (χ4v) is 3.90. The fraction of sp³-hybridized carbons (Fsp3) is 0.111. The van der Waals surface area contributed by atoms with E-state index in [4.69, 9.17) is 4.98 Å². The minimum atomic E-state index is 0.670. The topological polar surface area (TPSA) is 53.1 Å². The van der Waals surface area contributed by atoms with Gasteiger partial charge in [0.15, 0.2) is 0 Å². The summed E-state index contributed by atoms with van der Waals surface area (Å²) < 4.78 is 0. The van der Waals surface area contributed by atoms with Crippen LogP contribution in [0.5, 0.6) is 0 Å². The molecule has 2 aromatic heterocycles. The number of hydrogen-bond donors (Lipinski definition) is 2. The third kappa shape index (κ3) is 3.80. The van der Waals surface area contributed by atoms with E-state index in [1.165, 1.54) is 16.5 Å². The molecule has 0 amide bonds. The molecule has 1 aliphatic rings. The third-order valence-electron chi connectivity index (χ3n) is 5.61. The molecule has 4 aromatic rings. The molecular formula is C27H24N4. The number of hydrazone groups is 1. The van der Waals surface area contributed by atoms with E-state index in [-0.39, 0.29) is 0 Å². The van der Waals surface area contributed by atoms with Crippen molar-refractivity contribution in [2.24, 2.45) is 5.10 Å². The van der Waals surface area contributed by atoms with Crippen LogP contribution in [0.25, 0.3) is 38.8 Å². The molecule has 4 heteroatoms. The molecule has 0 unspecified atom stereocenters. The van der Waals surface area contributed by atoms with Gasteiger partial charge in [0.05, 0.1) is 28.8 Å². The normalized spacial score (nSPS) is 13.8. The molecule has 2 heterocycles. The van der Waals surface area contributed by atoms with E-state index in [0.29, 0.717) is 5.70 Å². The molecule has 0 saturated carbocycles. The Morgan fingerprint density at radius 3 is 2.77 bits per heavy atom. The summed E-state index contributed by atoms with van der Waals surface area (Å²) in [4.78, 5) is 8.52. The smallest absolute Gasteiger partial charge is 0.0951 e. The highest BCUT2D eigenvalue weighted by Gasteiger charge is 2.14. The van der Waals surface area contributed by atoms with Crippen molar-refractivity contribution in [2.45, 2.75) is 19.8 Å². The number of aromatic amines is 1. The second-order valence-electron chi connectivity index (χ2n) is 7.87. The monoisotopic (exact) mass is 404 g/mol. The fourth-order valence-electron chi connectivity index (χ4n) is 3.90. The van der Waals surface area contributed by atoms with Crippen molar-refractivity contribution in [1.82, 2.24) is 15.4 Å². The summed E-state index contributed by atoms with van der Waals surface area (Å²) in [5.74, 6) is 0. The van der Waals surface area contributed by atoms with Crippen LogP contribution in [0.2, 0.25) is 0 Å². The number of fused-ring (bicyclic) bond motifs is 3. The highest BCUT2D eigenvalue weighted by molar-refractivity contribution is 6.11. The van der Waals surface area contributed by atoms with Crippen LogP contribution in [0.15, 0.2) is 90.1 Å². The number of hydrogen-bond acceptors (Lipinski definition) is 3. The molecule has 0 spiro atoms. The van der Waals surface area contributed by atoms with Crippen LogP contribution < -0.4 is 5.43 Å². The lowest BCUT2D eigenvalue weighted by Crippen LogP contribution is -2.06. The minimum Gasteiger partial charge on any atom is -0.353 e. The highest BCUT2D eigenvalue weighted by atomic mass is 15.3. The number of benzene rings is 2. The molecule has 4 nitrogen and oxygen atoms in total. The quantitative estimate of drug-likeness (QED) is 0.294. The first kappa shape index (κ1) is 19.1. The van der Waals surface area contributed by atoms with Crippen molar-refractivity contribution in [3.63, 3.8) is 0 Å². The van der Waals surface area contributed by atoms with E-state index < -0.39 is 0 Å². The Morgan fingerprint density at radius 1 is 1.13 bits per heavy atom. The summed E-state index contributed by atoms with van der Waals surface area (Å²) >= 11 is 0. The summed E-state index contributed by atoms with van der Waals surface area (Å²) in [6.07, 6.45) is 10.2. The number of nitrogens with one attached hydrogen (secondary N) is 2. The molecule has 0 saturated heterocycles. The molecule has 1 aliphatic carbocycles. The zero-order valence-electron chi connectivity index (χ0n) is 17.5. The van der Waals surface area contributed by atoms with E-state index >= 15 is 0 Å². The van der Waals surface area contributed by atoms with E-state index in [2.05, 4.69) is 95.8 Å². The molecule has 0 radical (unpaired) electrons. The van der Waals surface area contributed by atoms with Gasteiger partial charge in [0.2, 0.25) is 0 Å². The first-order valence-electron chi connectivity index (χ1n) is 10.5. The van der Waals surface area contributed by atoms with Crippen molar-refractivity contribution in [2.75, 3.05) is 0 Å². The first-order valence-corrected chi connectivity index (χ1v) is 10.5. The Labute approximate surface area is 181 Å². The summed E-state index contributed by atoms with van der Waals surface area (Å²) in [5.41, 5.74) is 11.1. The highest BCUT2D eigenvalue weighted by Crippen LogP contribution is 2.33. The Hall–Kier alpha value is -3.92. The average Bonchev–Trinajstić information content (AvgIpc) is 3.18. The van der Waals surface area contributed by atoms with Crippen molar-refractivity contribution in [3.8, 4) is 11.3 Å². The predicted octanol–water partition coefficient (Wildman–Crippen LogP) is 6.51. The van der Waals surface area contributed by atoms with Gasteiger partial charge in [-0.15, -0.1) is 0 Å². The predicted molar refractivity (Wildman–Crippen MR) is 131 cm³/mol. The summed E-state index contributed by atoms with van der Waals surface area (Å²) in [5, 5.41) is 6.69. The molecule has 0 aliphatic heterocycles. The van der Waals surface area contributed by atoms with Gasteiger partial charge in [-0.3, -0.25) is 5.43 Å². The van der Waals surface area contributed by atoms with Crippen LogP contribution in [-0.4, -0.2) is 16.2 Å². The van der Waals surface area contributed by atoms with Crippen molar-refractivity contribution < 1.29 is 0 Å². The third-order valence-corrected chi connectivity index (χ3v) is 5.61. The number of rotatable bonds is 5. The number of allylic oxidation sites excluding steroid dienone is 4. The maximum atomic E-state index is 4.97. The van der Waals surface area contributed by atoms with Gasteiger partial charge >= 0.3 is 0 Å². The second-order valence-corrected chi connectivity index (χ2v) is 7.87. The van der Waals surface area contributed by atoms with Gasteiger partial charge in [-0.1, -0.05) is 72.8 Å². The molecular weight excluding hydrogens is 380 g/mol. The molecule has 2 N–H and O–H groups in total. The van der Waals surface area contributed by atoms with Crippen LogP contribution in [-0.2, 0) is 0 Å². The van der Waals surface area contributed by atoms with Gasteiger partial charge in [-0.2, -0.15) is 5.10 Å². The summed E-state index contributed by atoms with van der Waals surface area (Å²) in [7, 11) is 0. The maximum absolute atomic E-state index is 4.97. The lowest BCUT2D eigenvalue weighted by molar-refractivity contribution is 0.969. The number of para-hydroxylation sites is 1. The standard InChI is InChI=1S/C27H24N4/c1-18-12-14-21(15-13-18)26-27-23(22-10-6-7-11-24(22)29-27)16-25(30-26)19(2)31-28-17-20-8-4-3-5-9-20/h3-4,6-8,10-17,29,31H,2,5,9H2,1H3/b28-17+. The first-order chi connectivity index (χ1) is 15.2. The van der Waals surface area contributed by atoms with Crippen LogP contribution in [0.4, 0.5) is 0 Å². The van der Waals surface area contributed by atoms with Crippen LogP contribution in [0.3, 0.4) is 0 Å². The van der Waals surface area contributed by atoms with E-state index in [1.54, 1.807) is 0 Å². The van der Waals surface area contributed by atoms with E-state index in [0.717, 1.165) is 46.2 Å². The number of pyridine rings is 1. The van der Waals surface area contributed by atoms with Crippen LogP contribution in [0.1, 0.15) is 24.1 Å². The zero-order valence-corrected chi connectivity index (χ0v) is 17.5. The summed E-state index contributed by atoms with van der Waals surface area (Å²) in [6, 6.07) is 18.9. The minimum absolute atomic E-state index is 0.670. The maximum Gasteiger partial charge on any atom is 0.0951 e. The molecule has 2 aromatic carbocycles. The Morgan fingerprint density at radius 2 is 1.97 bits per heavy atom. The van der Waals surface area contributed by atoms with E-state index in [1.807, 2.05) is 12.3 Å². The number of nitrogens with zero attached hydrogens (tertiary/aromatic N) is 2. The molecule has 0 bridgehead atoms. The van der Waals surface area contributed by atoms with Crippen molar-refractivity contribution in [3.05, 3.63) is 96.2 Å². The molecule has 5 rings (SSSR count). The molecule has 0 fully saturated rings. The van der Waals surface area contributed by atoms with Gasteiger partial charge in [0.25, 0.3) is 0 Å².